The number of imidazole rings is 1. The van der Waals surface area contributed by atoms with Crippen molar-refractivity contribution in [3.8, 4) is 0 Å². The van der Waals surface area contributed by atoms with Gasteiger partial charge in [-0.25, -0.2) is 13.4 Å². The van der Waals surface area contributed by atoms with Crippen LogP contribution in [0.3, 0.4) is 0 Å². The Kier molecular flexibility index (Phi) is 6.30. The van der Waals surface area contributed by atoms with E-state index in [0.29, 0.717) is 13.0 Å². The molecule has 2 atom stereocenters. The SMILES string of the molecule is CCn1ccnc1[C@H]1CCCCN1CC(=O)N(C1CCCC1)[C@H]1CCS(=O)(=O)C1. The molecule has 162 valence electrons. The molecule has 0 unspecified atom stereocenters. The van der Waals surface area contributed by atoms with Crippen LogP contribution in [0.4, 0.5) is 0 Å². The normalized spacial score (nSPS) is 28.0. The summed E-state index contributed by atoms with van der Waals surface area (Å²) in [6.07, 6.45) is 12.0. The second-order valence-electron chi connectivity index (χ2n) is 8.85. The molecule has 2 aliphatic heterocycles. The number of carbonyl (C=O) groups is 1. The van der Waals surface area contributed by atoms with Gasteiger partial charge >= 0.3 is 0 Å². The van der Waals surface area contributed by atoms with Crippen molar-refractivity contribution < 1.29 is 13.2 Å². The van der Waals surface area contributed by atoms with E-state index >= 15 is 0 Å². The van der Waals surface area contributed by atoms with Crippen LogP contribution in [-0.2, 0) is 21.2 Å². The lowest BCUT2D eigenvalue weighted by Gasteiger charge is -2.39. The molecule has 1 amide bonds. The average Bonchev–Trinajstić information content (AvgIpc) is 3.44. The van der Waals surface area contributed by atoms with Crippen LogP contribution in [0.2, 0.25) is 0 Å². The molecule has 1 aromatic rings. The van der Waals surface area contributed by atoms with E-state index in [1.54, 1.807) is 0 Å². The Morgan fingerprint density at radius 2 is 1.90 bits per heavy atom. The predicted octanol–water partition coefficient (Wildman–Crippen LogP) is 2.39. The lowest BCUT2D eigenvalue weighted by molar-refractivity contribution is -0.138. The summed E-state index contributed by atoms with van der Waals surface area (Å²) < 4.78 is 26.4. The Morgan fingerprint density at radius 3 is 2.59 bits per heavy atom. The number of carbonyl (C=O) groups excluding carboxylic acids is 1. The quantitative estimate of drug-likeness (QED) is 0.704. The highest BCUT2D eigenvalue weighted by Gasteiger charge is 2.40. The molecule has 29 heavy (non-hydrogen) atoms. The van der Waals surface area contributed by atoms with Gasteiger partial charge in [0.15, 0.2) is 9.84 Å². The lowest BCUT2D eigenvalue weighted by atomic mass is 10.0. The molecule has 0 bridgehead atoms. The predicted molar refractivity (Wildman–Crippen MR) is 112 cm³/mol. The molecule has 1 saturated carbocycles. The maximum atomic E-state index is 13.5. The van der Waals surface area contributed by atoms with Gasteiger partial charge in [0.05, 0.1) is 24.1 Å². The van der Waals surface area contributed by atoms with Gasteiger partial charge in [0, 0.05) is 31.0 Å². The van der Waals surface area contributed by atoms with Crippen LogP contribution in [0.5, 0.6) is 0 Å². The molecule has 0 aromatic carbocycles. The van der Waals surface area contributed by atoms with Crippen LogP contribution in [0.15, 0.2) is 12.4 Å². The third kappa shape index (κ3) is 4.53. The third-order valence-corrected chi connectivity index (χ3v) is 8.70. The van der Waals surface area contributed by atoms with Crippen molar-refractivity contribution in [2.75, 3.05) is 24.6 Å². The Hall–Kier alpha value is -1.41. The van der Waals surface area contributed by atoms with Crippen LogP contribution >= 0.6 is 0 Å². The molecule has 2 saturated heterocycles. The fourth-order valence-corrected chi connectivity index (χ4v) is 7.21. The van der Waals surface area contributed by atoms with E-state index in [1.807, 2.05) is 17.3 Å². The first-order valence-electron chi connectivity index (χ1n) is 11.2. The number of hydrogen-bond donors (Lipinski definition) is 0. The zero-order valence-corrected chi connectivity index (χ0v) is 18.3. The summed E-state index contributed by atoms with van der Waals surface area (Å²) in [6, 6.07) is 0.235. The number of hydrogen-bond acceptors (Lipinski definition) is 5. The van der Waals surface area contributed by atoms with Crippen molar-refractivity contribution in [3.05, 3.63) is 18.2 Å². The van der Waals surface area contributed by atoms with Crippen LogP contribution in [-0.4, -0.2) is 70.4 Å². The minimum absolute atomic E-state index is 0.112. The first-order valence-corrected chi connectivity index (χ1v) is 13.1. The molecule has 1 aromatic heterocycles. The summed E-state index contributed by atoms with van der Waals surface area (Å²) in [6.45, 7) is 4.26. The second-order valence-corrected chi connectivity index (χ2v) is 11.1. The molecule has 8 heteroatoms. The first-order chi connectivity index (χ1) is 14.0. The van der Waals surface area contributed by atoms with E-state index in [-0.39, 0.29) is 35.5 Å². The van der Waals surface area contributed by atoms with Gasteiger partial charge < -0.3 is 9.47 Å². The molecule has 3 aliphatic rings. The highest BCUT2D eigenvalue weighted by Crippen LogP contribution is 2.32. The third-order valence-electron chi connectivity index (χ3n) is 6.95. The van der Waals surface area contributed by atoms with Crippen molar-refractivity contribution in [2.45, 2.75) is 83.0 Å². The molecule has 3 fully saturated rings. The zero-order valence-electron chi connectivity index (χ0n) is 17.5. The van der Waals surface area contributed by atoms with E-state index in [1.165, 1.54) is 0 Å². The summed E-state index contributed by atoms with van der Waals surface area (Å²) in [5.41, 5.74) is 0. The molecule has 1 aliphatic carbocycles. The Balaban J connectivity index is 1.52. The number of sulfone groups is 1. The second kappa shape index (κ2) is 8.76. The van der Waals surface area contributed by atoms with Gasteiger partial charge in [-0.15, -0.1) is 0 Å². The lowest BCUT2D eigenvalue weighted by Crippen LogP contribution is -2.51. The van der Waals surface area contributed by atoms with E-state index in [4.69, 9.17) is 0 Å². The number of aromatic nitrogens is 2. The van der Waals surface area contributed by atoms with Crippen LogP contribution in [0, 0.1) is 0 Å². The summed E-state index contributed by atoms with van der Waals surface area (Å²) in [7, 11) is -3.01. The number of piperidine rings is 1. The number of amides is 1. The number of aryl methyl sites for hydroxylation is 1. The van der Waals surface area contributed by atoms with Gasteiger partial charge in [-0.1, -0.05) is 19.3 Å². The largest absolute Gasteiger partial charge is 0.335 e. The fraction of sp³-hybridized carbons (Fsp3) is 0.810. The van der Waals surface area contributed by atoms with Gasteiger partial charge in [0.1, 0.15) is 5.82 Å². The maximum absolute atomic E-state index is 13.5. The summed E-state index contributed by atoms with van der Waals surface area (Å²) in [5, 5.41) is 0. The van der Waals surface area contributed by atoms with Crippen molar-refractivity contribution >= 4 is 15.7 Å². The monoisotopic (exact) mass is 422 g/mol. The van der Waals surface area contributed by atoms with Crippen molar-refractivity contribution in [2.24, 2.45) is 0 Å². The summed E-state index contributed by atoms with van der Waals surface area (Å²) >= 11 is 0. The summed E-state index contributed by atoms with van der Waals surface area (Å²) in [5.74, 6) is 1.52. The minimum atomic E-state index is -3.01. The Labute approximate surface area is 174 Å². The molecule has 3 heterocycles. The number of nitrogens with zero attached hydrogens (tertiary/aromatic N) is 4. The molecule has 0 N–H and O–H groups in total. The molecule has 0 spiro atoms. The van der Waals surface area contributed by atoms with Gasteiger partial charge in [-0.05, 0) is 45.6 Å². The molecule has 4 rings (SSSR count). The molecule has 0 radical (unpaired) electrons. The molecular formula is C21H34N4O3S. The van der Waals surface area contributed by atoms with E-state index in [2.05, 4.69) is 21.4 Å². The van der Waals surface area contributed by atoms with Gasteiger partial charge in [0.25, 0.3) is 0 Å². The minimum Gasteiger partial charge on any atom is -0.335 e. The van der Waals surface area contributed by atoms with Crippen molar-refractivity contribution in [1.82, 2.24) is 19.4 Å². The number of likely N-dealkylation sites (tertiary alicyclic amines) is 1. The number of rotatable bonds is 6. The van der Waals surface area contributed by atoms with Crippen LogP contribution < -0.4 is 0 Å². The van der Waals surface area contributed by atoms with Gasteiger partial charge in [-0.2, -0.15) is 0 Å². The van der Waals surface area contributed by atoms with Crippen LogP contribution in [0.25, 0.3) is 0 Å². The summed E-state index contributed by atoms with van der Waals surface area (Å²) in [4.78, 5) is 22.4. The Bertz CT molecular complexity index is 816. The topological polar surface area (TPSA) is 75.5 Å². The molecular weight excluding hydrogens is 388 g/mol. The van der Waals surface area contributed by atoms with E-state index in [0.717, 1.165) is 63.9 Å². The standard InChI is InChI=1S/C21H34N4O3S/c1-2-23-13-11-22-21(23)19-9-5-6-12-24(19)15-20(26)25(17-7-3-4-8-17)18-10-14-29(27,28)16-18/h11,13,17-19H,2-10,12,14-16H2,1H3/t18-,19+/m0/s1. The first kappa shape index (κ1) is 20.8. The van der Waals surface area contributed by atoms with Crippen molar-refractivity contribution in [3.63, 3.8) is 0 Å². The van der Waals surface area contributed by atoms with Gasteiger partial charge in [-0.3, -0.25) is 9.69 Å². The Morgan fingerprint density at radius 1 is 1.14 bits per heavy atom. The van der Waals surface area contributed by atoms with E-state index in [9.17, 15) is 13.2 Å². The average molecular weight is 423 g/mol. The van der Waals surface area contributed by atoms with Crippen LogP contribution in [0.1, 0.15) is 70.2 Å². The van der Waals surface area contributed by atoms with E-state index < -0.39 is 9.84 Å². The molecule has 7 nitrogen and oxygen atoms in total. The zero-order chi connectivity index (χ0) is 20.4. The van der Waals surface area contributed by atoms with Crippen molar-refractivity contribution in [1.29, 1.82) is 0 Å². The smallest absolute Gasteiger partial charge is 0.237 e. The highest BCUT2D eigenvalue weighted by molar-refractivity contribution is 7.91. The fourth-order valence-electron chi connectivity index (χ4n) is 5.50. The maximum Gasteiger partial charge on any atom is 0.237 e. The highest BCUT2D eigenvalue weighted by atomic mass is 32.2. The van der Waals surface area contributed by atoms with Gasteiger partial charge in [0.2, 0.25) is 5.91 Å².